The van der Waals surface area contributed by atoms with E-state index in [0.717, 1.165) is 38.9 Å². The highest BCUT2D eigenvalue weighted by molar-refractivity contribution is 5.82. The number of amides is 1. The number of carbonyl (C=O) groups excluding carboxylic acids is 1. The molecule has 2 rings (SSSR count). The molecular weight excluding hydrogens is 228 g/mol. The second kappa shape index (κ2) is 5.57. The van der Waals surface area contributed by atoms with E-state index in [1.165, 1.54) is 6.42 Å². The van der Waals surface area contributed by atoms with Crippen molar-refractivity contribution in [1.29, 1.82) is 0 Å². The average Bonchev–Trinajstić information content (AvgIpc) is 2.87. The Kier molecular flexibility index (Phi) is 4.28. The van der Waals surface area contributed by atoms with Gasteiger partial charge in [-0.25, -0.2) is 0 Å². The van der Waals surface area contributed by atoms with Crippen molar-refractivity contribution in [3.63, 3.8) is 0 Å². The van der Waals surface area contributed by atoms with Crippen molar-refractivity contribution in [2.45, 2.75) is 51.7 Å². The number of hydrogen-bond acceptors (Lipinski definition) is 3. The summed E-state index contributed by atoms with van der Waals surface area (Å²) in [6.45, 7) is 7.22. The van der Waals surface area contributed by atoms with Crippen molar-refractivity contribution in [3.05, 3.63) is 0 Å². The predicted octanol–water partition coefficient (Wildman–Crippen LogP) is 1.40. The molecule has 2 unspecified atom stereocenters. The second-order valence-electron chi connectivity index (χ2n) is 6.04. The lowest BCUT2D eigenvalue weighted by Crippen LogP contribution is -2.48. The molecule has 18 heavy (non-hydrogen) atoms. The van der Waals surface area contributed by atoms with Gasteiger partial charge in [0.15, 0.2) is 0 Å². The average molecular weight is 254 g/mol. The number of piperidine rings is 1. The molecule has 0 spiro atoms. The van der Waals surface area contributed by atoms with Gasteiger partial charge in [-0.15, -0.1) is 0 Å². The number of rotatable bonds is 3. The van der Waals surface area contributed by atoms with Crippen molar-refractivity contribution in [2.75, 3.05) is 26.7 Å². The highest BCUT2D eigenvalue weighted by atomic mass is 16.5. The number of ether oxygens (including phenoxy) is 1. The monoisotopic (exact) mass is 254 g/mol. The summed E-state index contributed by atoms with van der Waals surface area (Å²) < 4.78 is 5.30. The van der Waals surface area contributed by atoms with Crippen LogP contribution in [0.1, 0.15) is 39.5 Å². The molecule has 0 aliphatic carbocycles. The van der Waals surface area contributed by atoms with Gasteiger partial charge in [-0.1, -0.05) is 20.3 Å². The quantitative estimate of drug-likeness (QED) is 0.828. The van der Waals surface area contributed by atoms with Gasteiger partial charge >= 0.3 is 0 Å². The lowest BCUT2D eigenvalue weighted by molar-refractivity contribution is -0.135. The summed E-state index contributed by atoms with van der Waals surface area (Å²) in [5, 5.41) is 3.27. The van der Waals surface area contributed by atoms with Crippen molar-refractivity contribution in [3.8, 4) is 0 Å². The van der Waals surface area contributed by atoms with Gasteiger partial charge in [0.2, 0.25) is 5.91 Å². The Morgan fingerprint density at radius 1 is 1.44 bits per heavy atom. The lowest BCUT2D eigenvalue weighted by atomic mass is 9.78. The minimum Gasteiger partial charge on any atom is -0.380 e. The topological polar surface area (TPSA) is 41.6 Å². The van der Waals surface area contributed by atoms with Crippen molar-refractivity contribution >= 4 is 5.91 Å². The van der Waals surface area contributed by atoms with Crippen LogP contribution in [-0.2, 0) is 9.53 Å². The minimum absolute atomic E-state index is 0.0269. The standard InChI is InChI=1S/C14H26N2O2/c1-4-14(2)5-7-16(8-6-14)13(17)12-9-11(18-3)10-15-12/h11-12,15H,4-10H2,1-3H3. The van der Waals surface area contributed by atoms with Crippen LogP contribution in [0, 0.1) is 5.41 Å². The smallest absolute Gasteiger partial charge is 0.239 e. The molecule has 0 radical (unpaired) electrons. The summed E-state index contributed by atoms with van der Waals surface area (Å²) in [6, 6.07) is -0.0269. The van der Waals surface area contributed by atoms with Crippen molar-refractivity contribution in [1.82, 2.24) is 10.2 Å². The van der Waals surface area contributed by atoms with Gasteiger partial charge in [0.1, 0.15) is 0 Å². The first-order chi connectivity index (χ1) is 8.58. The van der Waals surface area contributed by atoms with Crippen LogP contribution in [-0.4, -0.2) is 49.7 Å². The molecule has 104 valence electrons. The third-order valence-corrected chi connectivity index (χ3v) is 4.86. The molecule has 4 heteroatoms. The third kappa shape index (κ3) is 2.86. The van der Waals surface area contributed by atoms with E-state index in [-0.39, 0.29) is 18.1 Å². The summed E-state index contributed by atoms with van der Waals surface area (Å²) in [5.74, 6) is 0.271. The van der Waals surface area contributed by atoms with Crippen molar-refractivity contribution < 1.29 is 9.53 Å². The van der Waals surface area contributed by atoms with Crippen LogP contribution < -0.4 is 5.32 Å². The summed E-state index contributed by atoms with van der Waals surface area (Å²) in [4.78, 5) is 14.4. The largest absolute Gasteiger partial charge is 0.380 e. The first kappa shape index (κ1) is 13.8. The zero-order chi connectivity index (χ0) is 13.2. The number of methoxy groups -OCH3 is 1. The maximum atomic E-state index is 12.4. The van der Waals surface area contributed by atoms with E-state index in [9.17, 15) is 4.79 Å². The van der Waals surface area contributed by atoms with Gasteiger partial charge in [0, 0.05) is 26.7 Å². The molecule has 2 aliphatic rings. The Balaban J connectivity index is 1.85. The van der Waals surface area contributed by atoms with Crippen LogP contribution in [0.5, 0.6) is 0 Å². The second-order valence-corrected chi connectivity index (χ2v) is 6.04. The summed E-state index contributed by atoms with van der Waals surface area (Å²) in [7, 11) is 1.72. The van der Waals surface area contributed by atoms with Gasteiger partial charge in [0.05, 0.1) is 12.1 Å². The molecule has 2 heterocycles. The molecule has 0 saturated carbocycles. The highest BCUT2D eigenvalue weighted by Crippen LogP contribution is 2.34. The van der Waals surface area contributed by atoms with Gasteiger partial charge in [-0.3, -0.25) is 4.79 Å². The molecule has 1 N–H and O–H groups in total. The fourth-order valence-electron chi connectivity index (χ4n) is 2.91. The molecule has 0 aromatic rings. The Morgan fingerprint density at radius 3 is 2.61 bits per heavy atom. The van der Waals surface area contributed by atoms with E-state index >= 15 is 0 Å². The van der Waals surface area contributed by atoms with Gasteiger partial charge in [0.25, 0.3) is 0 Å². The molecular formula is C14H26N2O2. The number of carbonyl (C=O) groups is 1. The molecule has 2 aliphatic heterocycles. The Morgan fingerprint density at radius 2 is 2.11 bits per heavy atom. The molecule has 0 aromatic heterocycles. The van der Waals surface area contributed by atoms with Crippen molar-refractivity contribution in [2.24, 2.45) is 5.41 Å². The van der Waals surface area contributed by atoms with E-state index in [4.69, 9.17) is 4.74 Å². The van der Waals surface area contributed by atoms with E-state index in [1.54, 1.807) is 7.11 Å². The summed E-state index contributed by atoms with van der Waals surface area (Å²) >= 11 is 0. The first-order valence-electron chi connectivity index (χ1n) is 7.13. The molecule has 4 nitrogen and oxygen atoms in total. The minimum atomic E-state index is -0.0269. The van der Waals surface area contributed by atoms with Gasteiger partial charge in [-0.2, -0.15) is 0 Å². The maximum Gasteiger partial charge on any atom is 0.239 e. The zero-order valence-corrected chi connectivity index (χ0v) is 11.9. The highest BCUT2D eigenvalue weighted by Gasteiger charge is 2.36. The van der Waals surface area contributed by atoms with Gasteiger partial charge in [-0.05, 0) is 24.7 Å². The van der Waals surface area contributed by atoms with Crippen LogP contribution in [0.15, 0.2) is 0 Å². The first-order valence-corrected chi connectivity index (χ1v) is 7.13. The van der Waals surface area contributed by atoms with E-state index in [1.807, 2.05) is 4.90 Å². The molecule has 1 amide bonds. The maximum absolute atomic E-state index is 12.4. The molecule has 2 fully saturated rings. The molecule has 0 aromatic carbocycles. The van der Waals surface area contributed by atoms with E-state index in [0.29, 0.717) is 5.41 Å². The molecule has 2 atom stereocenters. The normalized spacial score (nSPS) is 31.6. The fraction of sp³-hybridized carbons (Fsp3) is 0.929. The van der Waals surface area contributed by atoms with Crippen LogP contribution >= 0.6 is 0 Å². The summed E-state index contributed by atoms with van der Waals surface area (Å²) in [5.41, 5.74) is 0.439. The zero-order valence-electron chi connectivity index (χ0n) is 11.9. The summed E-state index contributed by atoms with van der Waals surface area (Å²) in [6.07, 6.45) is 4.50. The SMILES string of the molecule is CCC1(C)CCN(C(=O)C2CC(OC)CN2)CC1. The molecule has 2 saturated heterocycles. The van der Waals surface area contributed by atoms with E-state index < -0.39 is 0 Å². The number of likely N-dealkylation sites (tertiary alicyclic amines) is 1. The van der Waals surface area contributed by atoms with Crippen LogP contribution in [0.4, 0.5) is 0 Å². The lowest BCUT2D eigenvalue weighted by Gasteiger charge is -2.39. The van der Waals surface area contributed by atoms with Gasteiger partial charge < -0.3 is 15.0 Å². The van der Waals surface area contributed by atoms with Crippen LogP contribution in [0.25, 0.3) is 0 Å². The Bertz CT molecular complexity index is 298. The fourth-order valence-corrected chi connectivity index (χ4v) is 2.91. The third-order valence-electron chi connectivity index (χ3n) is 4.86. The number of nitrogens with one attached hydrogen (secondary N) is 1. The predicted molar refractivity (Wildman–Crippen MR) is 71.4 cm³/mol. The van der Waals surface area contributed by atoms with Crippen LogP contribution in [0.2, 0.25) is 0 Å². The Hall–Kier alpha value is -0.610. The van der Waals surface area contributed by atoms with Crippen LogP contribution in [0.3, 0.4) is 0 Å². The molecule has 0 bridgehead atoms. The number of hydrogen-bond donors (Lipinski definition) is 1. The Labute approximate surface area is 110 Å². The number of nitrogens with zero attached hydrogens (tertiary/aromatic N) is 1. The van der Waals surface area contributed by atoms with E-state index in [2.05, 4.69) is 19.2 Å².